The third-order valence-corrected chi connectivity index (χ3v) is 4.67. The second kappa shape index (κ2) is 7.11. The number of rotatable bonds is 5. The highest BCUT2D eigenvalue weighted by Crippen LogP contribution is 2.23. The minimum absolute atomic E-state index is 0.410. The quantitative estimate of drug-likeness (QED) is 0.810. The van der Waals surface area contributed by atoms with E-state index in [1.807, 2.05) is 30.3 Å². The molecule has 0 aliphatic heterocycles. The van der Waals surface area contributed by atoms with Crippen molar-refractivity contribution in [2.24, 2.45) is 0 Å². The molecule has 0 aromatic heterocycles. The van der Waals surface area contributed by atoms with E-state index in [2.05, 4.69) is 0 Å². The first-order valence-corrected chi connectivity index (χ1v) is 8.24. The summed E-state index contributed by atoms with van der Waals surface area (Å²) in [6, 6.07) is 12.8. The normalized spacial score (nSPS) is 12.2. The Morgan fingerprint density at radius 3 is 2.60 bits per heavy atom. The van der Waals surface area contributed by atoms with Gasteiger partial charge in [0.15, 0.2) is 0 Å². The Morgan fingerprint density at radius 1 is 1.10 bits per heavy atom. The number of halogens is 2. The summed E-state index contributed by atoms with van der Waals surface area (Å²) in [7, 11) is 0.582. The molecule has 0 saturated heterocycles. The second-order valence-electron chi connectivity index (χ2n) is 4.32. The molecule has 0 amide bonds. The third kappa shape index (κ3) is 4.23. The Hall–Kier alpha value is -1.03. The molecule has 1 atom stereocenters. The zero-order valence-electron chi connectivity index (χ0n) is 10.9. The smallest absolute Gasteiger partial charge is 0.119 e. The van der Waals surface area contributed by atoms with Crippen LogP contribution in [0.4, 0.5) is 0 Å². The van der Waals surface area contributed by atoms with Gasteiger partial charge in [0.05, 0.1) is 12.9 Å². The summed E-state index contributed by atoms with van der Waals surface area (Å²) >= 11 is 11.9. The first-order chi connectivity index (χ1) is 9.58. The van der Waals surface area contributed by atoms with Crippen LogP contribution in [0.1, 0.15) is 11.1 Å². The van der Waals surface area contributed by atoms with Crippen molar-refractivity contribution in [3.63, 3.8) is 0 Å². The van der Waals surface area contributed by atoms with Crippen LogP contribution in [-0.4, -0.2) is 11.3 Å². The van der Waals surface area contributed by atoms with E-state index in [1.54, 1.807) is 19.2 Å². The van der Waals surface area contributed by atoms with Crippen molar-refractivity contribution in [1.82, 2.24) is 0 Å². The maximum Gasteiger partial charge on any atom is 0.119 e. The predicted molar refractivity (Wildman–Crippen MR) is 85.0 cm³/mol. The molecule has 20 heavy (non-hydrogen) atoms. The molecule has 2 rings (SSSR count). The lowest BCUT2D eigenvalue weighted by Crippen LogP contribution is -2.00. The Bertz CT molecular complexity index is 629. The van der Waals surface area contributed by atoms with E-state index in [-0.39, 0.29) is 0 Å². The summed E-state index contributed by atoms with van der Waals surface area (Å²) in [6.45, 7) is 0. The van der Waals surface area contributed by atoms with Crippen LogP contribution in [0, 0.1) is 0 Å². The van der Waals surface area contributed by atoms with Gasteiger partial charge >= 0.3 is 0 Å². The molecule has 0 saturated carbocycles. The lowest BCUT2D eigenvalue weighted by atomic mass is 10.2. The summed E-state index contributed by atoms with van der Waals surface area (Å²) in [5.41, 5.74) is 1.82. The van der Waals surface area contributed by atoms with Crippen molar-refractivity contribution in [2.75, 3.05) is 7.11 Å². The van der Waals surface area contributed by atoms with Gasteiger partial charge < -0.3 is 4.74 Å². The lowest BCUT2D eigenvalue weighted by Gasteiger charge is -2.07. The lowest BCUT2D eigenvalue weighted by molar-refractivity contribution is 0.414. The topological polar surface area (TPSA) is 26.3 Å². The van der Waals surface area contributed by atoms with Gasteiger partial charge in [-0.3, -0.25) is 4.21 Å². The van der Waals surface area contributed by atoms with Crippen LogP contribution < -0.4 is 4.74 Å². The molecule has 0 heterocycles. The first-order valence-electron chi connectivity index (χ1n) is 6.00. The standard InChI is InChI=1S/C15H14Cl2O2S/c1-19-14-4-2-3-11(7-14)9-20(18)10-12-5-6-13(16)8-15(12)17/h2-8H,9-10H2,1H3. The molecule has 1 unspecified atom stereocenters. The Balaban J connectivity index is 2.05. The van der Waals surface area contributed by atoms with Crippen molar-refractivity contribution in [3.05, 3.63) is 63.6 Å². The summed E-state index contributed by atoms with van der Waals surface area (Å²) in [5, 5.41) is 1.13. The molecule has 5 heteroatoms. The molecule has 0 bridgehead atoms. The average Bonchev–Trinajstić information content (AvgIpc) is 2.42. The van der Waals surface area contributed by atoms with Gasteiger partial charge in [-0.05, 0) is 35.4 Å². The van der Waals surface area contributed by atoms with Crippen molar-refractivity contribution < 1.29 is 8.95 Å². The predicted octanol–water partition coefficient (Wildman–Crippen LogP) is 4.45. The molecule has 0 spiro atoms. The van der Waals surface area contributed by atoms with Gasteiger partial charge in [-0.15, -0.1) is 0 Å². The number of benzene rings is 2. The maximum atomic E-state index is 12.2. The van der Waals surface area contributed by atoms with Gasteiger partial charge in [0.25, 0.3) is 0 Å². The van der Waals surface area contributed by atoms with E-state index < -0.39 is 10.8 Å². The van der Waals surface area contributed by atoms with Crippen LogP contribution in [0.5, 0.6) is 5.75 Å². The van der Waals surface area contributed by atoms with Gasteiger partial charge in [-0.2, -0.15) is 0 Å². The summed E-state index contributed by atoms with van der Waals surface area (Å²) in [4.78, 5) is 0. The third-order valence-electron chi connectivity index (χ3n) is 2.79. The molecular formula is C15H14Cl2O2S. The van der Waals surface area contributed by atoms with Crippen LogP contribution in [0.15, 0.2) is 42.5 Å². The summed E-state index contributed by atoms with van der Waals surface area (Å²) < 4.78 is 17.3. The molecule has 0 aliphatic rings. The Morgan fingerprint density at radius 2 is 1.90 bits per heavy atom. The molecule has 2 nitrogen and oxygen atoms in total. The van der Waals surface area contributed by atoms with Gasteiger partial charge in [-0.25, -0.2) is 0 Å². The maximum absolute atomic E-state index is 12.2. The molecule has 0 radical (unpaired) electrons. The fourth-order valence-electron chi connectivity index (χ4n) is 1.81. The van der Waals surface area contributed by atoms with Gasteiger partial charge in [0, 0.05) is 26.6 Å². The van der Waals surface area contributed by atoms with E-state index in [0.29, 0.717) is 21.6 Å². The second-order valence-corrected chi connectivity index (χ2v) is 6.62. The van der Waals surface area contributed by atoms with E-state index >= 15 is 0 Å². The first kappa shape index (κ1) is 15.4. The largest absolute Gasteiger partial charge is 0.497 e. The fourth-order valence-corrected chi connectivity index (χ4v) is 3.62. The fraction of sp³-hybridized carbons (Fsp3) is 0.200. The van der Waals surface area contributed by atoms with Crippen molar-refractivity contribution in [1.29, 1.82) is 0 Å². The van der Waals surface area contributed by atoms with Crippen LogP contribution in [-0.2, 0) is 22.3 Å². The Labute approximate surface area is 131 Å². The highest BCUT2D eigenvalue weighted by molar-refractivity contribution is 7.83. The number of hydrogen-bond acceptors (Lipinski definition) is 2. The van der Waals surface area contributed by atoms with Crippen molar-refractivity contribution in [2.45, 2.75) is 11.5 Å². The SMILES string of the molecule is COc1cccc(CS(=O)Cc2ccc(Cl)cc2Cl)c1. The van der Waals surface area contributed by atoms with Crippen LogP contribution in [0.3, 0.4) is 0 Å². The summed E-state index contributed by atoms with van der Waals surface area (Å²) in [5.74, 6) is 1.65. The van der Waals surface area contributed by atoms with E-state index in [0.717, 1.165) is 16.9 Å². The highest BCUT2D eigenvalue weighted by atomic mass is 35.5. The minimum Gasteiger partial charge on any atom is -0.497 e. The number of hydrogen-bond donors (Lipinski definition) is 0. The summed E-state index contributed by atoms with van der Waals surface area (Å²) in [6.07, 6.45) is 0. The Kier molecular flexibility index (Phi) is 5.46. The van der Waals surface area contributed by atoms with Crippen molar-refractivity contribution in [3.8, 4) is 5.75 Å². The molecule has 0 N–H and O–H groups in total. The minimum atomic E-state index is -1.03. The molecule has 0 fully saturated rings. The zero-order chi connectivity index (χ0) is 14.5. The van der Waals surface area contributed by atoms with Crippen molar-refractivity contribution >= 4 is 34.0 Å². The van der Waals surface area contributed by atoms with Crippen LogP contribution in [0.2, 0.25) is 10.0 Å². The van der Waals surface area contributed by atoms with Gasteiger partial charge in [0.1, 0.15) is 5.75 Å². The molecule has 2 aromatic rings. The van der Waals surface area contributed by atoms with Gasteiger partial charge in [-0.1, -0.05) is 41.4 Å². The van der Waals surface area contributed by atoms with Crippen LogP contribution >= 0.6 is 23.2 Å². The highest BCUT2D eigenvalue weighted by Gasteiger charge is 2.08. The molecule has 2 aromatic carbocycles. The van der Waals surface area contributed by atoms with Gasteiger partial charge in [0.2, 0.25) is 0 Å². The zero-order valence-corrected chi connectivity index (χ0v) is 13.3. The molecule has 106 valence electrons. The molecule has 0 aliphatic carbocycles. The average molecular weight is 329 g/mol. The number of methoxy groups -OCH3 is 1. The van der Waals surface area contributed by atoms with E-state index in [1.165, 1.54) is 0 Å². The number of ether oxygens (including phenoxy) is 1. The van der Waals surface area contributed by atoms with Crippen LogP contribution in [0.25, 0.3) is 0 Å². The monoisotopic (exact) mass is 328 g/mol. The van der Waals surface area contributed by atoms with E-state index in [4.69, 9.17) is 27.9 Å². The molecular weight excluding hydrogens is 315 g/mol. The van der Waals surface area contributed by atoms with E-state index in [9.17, 15) is 4.21 Å².